The molecule has 1 N–H and O–H groups in total. The molecule has 4 heterocycles. The lowest BCUT2D eigenvalue weighted by molar-refractivity contribution is 0.122. The van der Waals surface area contributed by atoms with E-state index in [0.29, 0.717) is 74.6 Å². The van der Waals surface area contributed by atoms with Gasteiger partial charge in [-0.1, -0.05) is 6.07 Å². The molecule has 2 saturated heterocycles. The predicted molar refractivity (Wildman–Crippen MR) is 137 cm³/mol. The summed E-state index contributed by atoms with van der Waals surface area (Å²) in [7, 11) is -1.80. The number of aromatic nitrogens is 5. The van der Waals surface area contributed by atoms with Gasteiger partial charge in [0, 0.05) is 32.7 Å². The van der Waals surface area contributed by atoms with E-state index >= 15 is 0 Å². The Kier molecular flexibility index (Phi) is 7.59. The highest BCUT2D eigenvalue weighted by Crippen LogP contribution is 2.32. The monoisotopic (exact) mass is 552 g/mol. The number of fused-ring (bicyclic) bond motifs is 1. The molecule has 3 aromatic rings. The van der Waals surface area contributed by atoms with Crippen LogP contribution in [0, 0.1) is 5.92 Å². The molecule has 0 spiro atoms. The Labute approximate surface area is 219 Å². The third-order valence-corrected chi connectivity index (χ3v) is 7.41. The normalized spacial score (nSPS) is 17.5. The third kappa shape index (κ3) is 5.63. The summed E-state index contributed by atoms with van der Waals surface area (Å²) in [4.78, 5) is 22.1. The minimum absolute atomic E-state index is 0.0448. The number of benzene rings is 1. The highest BCUT2D eigenvalue weighted by atomic mass is 32.2. The van der Waals surface area contributed by atoms with Crippen LogP contribution in [-0.4, -0.2) is 92.2 Å². The molecule has 12 nitrogen and oxygen atoms in total. The Morgan fingerprint density at radius 2 is 1.66 bits per heavy atom. The Morgan fingerprint density at radius 1 is 1.03 bits per heavy atom. The molecule has 15 heteroatoms. The van der Waals surface area contributed by atoms with Gasteiger partial charge in [-0.2, -0.15) is 15.0 Å². The Morgan fingerprint density at radius 3 is 2.26 bits per heavy atom. The molecule has 38 heavy (non-hydrogen) atoms. The summed E-state index contributed by atoms with van der Waals surface area (Å²) < 4.78 is 66.0. The Bertz CT molecular complexity index is 1390. The van der Waals surface area contributed by atoms with Crippen LogP contribution in [0.3, 0.4) is 0 Å². The fourth-order valence-corrected chi connectivity index (χ4v) is 5.25. The molecular weight excluding hydrogens is 522 g/mol. The van der Waals surface area contributed by atoms with E-state index in [2.05, 4.69) is 19.7 Å². The molecule has 2 fully saturated rings. The molecule has 0 amide bonds. The van der Waals surface area contributed by atoms with Crippen LogP contribution in [-0.2, 0) is 14.8 Å². The van der Waals surface area contributed by atoms with Gasteiger partial charge < -0.3 is 19.3 Å². The van der Waals surface area contributed by atoms with Gasteiger partial charge in [0.1, 0.15) is 11.3 Å². The van der Waals surface area contributed by atoms with E-state index in [4.69, 9.17) is 14.5 Å². The molecule has 0 unspecified atom stereocenters. The number of hydrogen-bond donors (Lipinski definition) is 1. The number of nitrogens with zero attached hydrogens (tertiary/aromatic N) is 7. The van der Waals surface area contributed by atoms with Crippen molar-refractivity contribution in [3.8, 4) is 11.7 Å². The van der Waals surface area contributed by atoms with Crippen molar-refractivity contribution < 1.29 is 26.7 Å². The smallest absolute Gasteiger partial charge is 0.296 e. The summed E-state index contributed by atoms with van der Waals surface area (Å²) >= 11 is 0. The number of sulfonamides is 1. The first-order valence-corrected chi connectivity index (χ1v) is 14.2. The average Bonchev–Trinajstić information content (AvgIpc) is 3.32. The number of methoxy groups -OCH3 is 1. The van der Waals surface area contributed by atoms with Crippen LogP contribution in [0.4, 0.5) is 20.7 Å². The van der Waals surface area contributed by atoms with Crippen LogP contribution >= 0.6 is 0 Å². The highest BCUT2D eigenvalue weighted by molar-refractivity contribution is 7.88. The van der Waals surface area contributed by atoms with Crippen molar-refractivity contribution >= 4 is 33.0 Å². The number of alkyl halides is 2. The topological polar surface area (TPSA) is 128 Å². The number of para-hydroxylation sites is 1. The van der Waals surface area contributed by atoms with Gasteiger partial charge in [0.05, 0.1) is 32.1 Å². The number of imidazole rings is 1. The standard InChI is InChI=1S/C23H30F2N8O4S/c1-36-17-5-3-4-16-18(17)27-20(19(24)25)33(16)23-29-21(28-22(30-23)32-10-12-37-13-11-32)31-8-6-15(7-9-31)14-26-38(2,34)35/h3-5,15,19,26H,6-14H2,1-2H3. The van der Waals surface area contributed by atoms with E-state index in [0.717, 1.165) is 19.1 Å². The van der Waals surface area contributed by atoms with Gasteiger partial charge in [0.2, 0.25) is 27.9 Å². The fraction of sp³-hybridized carbons (Fsp3) is 0.565. The van der Waals surface area contributed by atoms with Gasteiger partial charge in [-0.05, 0) is 30.9 Å². The molecule has 1 aromatic carbocycles. The number of halogens is 2. The van der Waals surface area contributed by atoms with Crippen molar-refractivity contribution in [2.24, 2.45) is 5.92 Å². The molecule has 0 atom stereocenters. The third-order valence-electron chi connectivity index (χ3n) is 6.71. The van der Waals surface area contributed by atoms with Crippen molar-refractivity contribution in [1.82, 2.24) is 29.2 Å². The summed E-state index contributed by atoms with van der Waals surface area (Å²) in [6.07, 6.45) is -0.282. The van der Waals surface area contributed by atoms with Crippen LogP contribution in [0.15, 0.2) is 18.2 Å². The SMILES string of the molecule is COc1cccc2c1nc(C(F)F)n2-c1nc(N2CCOCC2)nc(N2CCC(CNS(C)(=O)=O)CC2)n1. The predicted octanol–water partition coefficient (Wildman–Crippen LogP) is 1.76. The Hall–Kier alpha value is -3.17. The van der Waals surface area contributed by atoms with Gasteiger partial charge in [-0.25, -0.2) is 26.9 Å². The number of morpholine rings is 1. The molecule has 0 bridgehead atoms. The summed E-state index contributed by atoms with van der Waals surface area (Å²) in [6.45, 7) is 3.66. The number of hydrogen-bond acceptors (Lipinski definition) is 10. The van der Waals surface area contributed by atoms with Crippen LogP contribution in [0.1, 0.15) is 25.1 Å². The second kappa shape index (κ2) is 10.9. The van der Waals surface area contributed by atoms with Crippen LogP contribution < -0.4 is 19.3 Å². The quantitative estimate of drug-likeness (QED) is 0.442. The summed E-state index contributed by atoms with van der Waals surface area (Å²) in [5.74, 6) is 0.853. The van der Waals surface area contributed by atoms with Crippen LogP contribution in [0.2, 0.25) is 0 Å². The lowest BCUT2D eigenvalue weighted by atomic mass is 9.97. The second-order valence-corrected chi connectivity index (χ2v) is 11.2. The maximum absolute atomic E-state index is 14.2. The lowest BCUT2D eigenvalue weighted by Gasteiger charge is -2.33. The fourth-order valence-electron chi connectivity index (χ4n) is 4.71. The van der Waals surface area contributed by atoms with Gasteiger partial charge in [0.25, 0.3) is 6.43 Å². The summed E-state index contributed by atoms with van der Waals surface area (Å²) in [5.41, 5.74) is 0.690. The molecule has 2 aliphatic rings. The van der Waals surface area contributed by atoms with Crippen molar-refractivity contribution in [1.29, 1.82) is 0 Å². The van der Waals surface area contributed by atoms with Crippen molar-refractivity contribution in [3.05, 3.63) is 24.0 Å². The first-order valence-electron chi connectivity index (χ1n) is 12.4. The average molecular weight is 553 g/mol. The maximum Gasteiger partial charge on any atom is 0.296 e. The number of piperidine rings is 1. The van der Waals surface area contributed by atoms with Crippen molar-refractivity contribution in [3.63, 3.8) is 0 Å². The Balaban J connectivity index is 1.54. The molecule has 0 radical (unpaired) electrons. The summed E-state index contributed by atoms with van der Waals surface area (Å²) in [5, 5.41) is 0. The molecule has 5 rings (SSSR count). The minimum Gasteiger partial charge on any atom is -0.494 e. The zero-order chi connectivity index (χ0) is 26.9. The van der Waals surface area contributed by atoms with Gasteiger partial charge in [-0.3, -0.25) is 4.57 Å². The van der Waals surface area contributed by atoms with Crippen LogP contribution in [0.5, 0.6) is 5.75 Å². The lowest BCUT2D eigenvalue weighted by Crippen LogP contribution is -2.40. The van der Waals surface area contributed by atoms with Crippen molar-refractivity contribution in [2.75, 3.05) is 69.1 Å². The van der Waals surface area contributed by atoms with E-state index in [1.54, 1.807) is 18.2 Å². The van der Waals surface area contributed by atoms with E-state index in [9.17, 15) is 17.2 Å². The first-order chi connectivity index (χ1) is 18.2. The zero-order valence-electron chi connectivity index (χ0n) is 21.2. The van der Waals surface area contributed by atoms with E-state index in [-0.39, 0.29) is 11.9 Å². The number of rotatable bonds is 8. The zero-order valence-corrected chi connectivity index (χ0v) is 22.0. The van der Waals surface area contributed by atoms with Crippen molar-refractivity contribution in [2.45, 2.75) is 19.3 Å². The molecule has 206 valence electrons. The van der Waals surface area contributed by atoms with Gasteiger partial charge >= 0.3 is 0 Å². The molecule has 0 aliphatic carbocycles. The molecular formula is C23H30F2N8O4S. The second-order valence-electron chi connectivity index (χ2n) is 9.32. The number of nitrogens with one attached hydrogen (secondary N) is 1. The first kappa shape index (κ1) is 26.4. The maximum atomic E-state index is 14.2. The largest absolute Gasteiger partial charge is 0.494 e. The summed E-state index contributed by atoms with van der Waals surface area (Å²) in [6, 6.07) is 5.04. The van der Waals surface area contributed by atoms with Crippen LogP contribution in [0.25, 0.3) is 17.0 Å². The number of anilines is 2. The number of ether oxygens (including phenoxy) is 2. The van der Waals surface area contributed by atoms with E-state index < -0.39 is 22.3 Å². The molecule has 2 aliphatic heterocycles. The molecule has 2 aromatic heterocycles. The minimum atomic E-state index is -3.26. The van der Waals surface area contributed by atoms with Gasteiger partial charge in [0.15, 0.2) is 5.82 Å². The highest BCUT2D eigenvalue weighted by Gasteiger charge is 2.28. The van der Waals surface area contributed by atoms with E-state index in [1.165, 1.54) is 11.7 Å². The van der Waals surface area contributed by atoms with Gasteiger partial charge in [-0.15, -0.1) is 0 Å². The molecule has 0 saturated carbocycles. The van der Waals surface area contributed by atoms with E-state index in [1.807, 2.05) is 9.80 Å².